The van der Waals surface area contributed by atoms with Crippen LogP contribution in [0.25, 0.3) is 0 Å². The Morgan fingerprint density at radius 2 is 1.84 bits per heavy atom. The van der Waals surface area contributed by atoms with Gasteiger partial charge in [0.15, 0.2) is 0 Å². The average molecular weight is 569 g/mol. The quantitative estimate of drug-likeness (QED) is 0.413. The minimum Gasteiger partial charge on any atom is -0.496 e. The van der Waals surface area contributed by atoms with E-state index < -0.39 is 38.5 Å². The van der Waals surface area contributed by atoms with Crippen molar-refractivity contribution in [1.29, 1.82) is 0 Å². The summed E-state index contributed by atoms with van der Waals surface area (Å²) >= 11 is 6.12. The van der Waals surface area contributed by atoms with Crippen molar-refractivity contribution in [3.8, 4) is 5.75 Å². The predicted octanol–water partition coefficient (Wildman–Crippen LogP) is 5.38. The molecule has 200 valence electrons. The molecule has 4 rings (SSSR count). The van der Waals surface area contributed by atoms with E-state index in [4.69, 9.17) is 16.3 Å². The number of hydrogen-bond acceptors (Lipinski definition) is 5. The minimum atomic E-state index is -4.73. The molecular weight excluding hydrogens is 549 g/mol. The van der Waals surface area contributed by atoms with Crippen molar-refractivity contribution < 1.29 is 41.0 Å². The second-order valence-electron chi connectivity index (χ2n) is 8.39. The first-order valence-corrected chi connectivity index (χ1v) is 12.8. The summed E-state index contributed by atoms with van der Waals surface area (Å²) in [6.45, 7) is 1.46. The fourth-order valence-electron chi connectivity index (χ4n) is 4.14. The predicted molar refractivity (Wildman–Crippen MR) is 134 cm³/mol. The Morgan fingerprint density at radius 3 is 2.47 bits per heavy atom. The fourth-order valence-corrected chi connectivity index (χ4v) is 5.92. The molecule has 8 nitrogen and oxygen atoms in total. The first kappa shape index (κ1) is 27.3. The number of fused-ring (bicyclic) bond motifs is 1. The lowest BCUT2D eigenvalue weighted by Gasteiger charge is -2.21. The number of rotatable bonds is 6. The number of carboxylic acids is 1. The van der Waals surface area contributed by atoms with Crippen LogP contribution in [0, 0.1) is 6.92 Å². The van der Waals surface area contributed by atoms with Gasteiger partial charge >= 0.3 is 12.1 Å². The van der Waals surface area contributed by atoms with Crippen molar-refractivity contribution >= 4 is 44.9 Å². The Balaban J connectivity index is 1.72. The molecule has 0 bridgehead atoms. The molecule has 0 unspecified atom stereocenters. The number of nitrogens with zero attached hydrogens (tertiary/aromatic N) is 1. The highest BCUT2D eigenvalue weighted by atomic mass is 35.5. The summed E-state index contributed by atoms with van der Waals surface area (Å²) in [6.07, 6.45) is -4.52. The highest BCUT2D eigenvalue weighted by Crippen LogP contribution is 2.40. The molecule has 0 spiro atoms. The first-order valence-electron chi connectivity index (χ1n) is 11.0. The number of nitrogens with one attached hydrogen (secondary N) is 1. The van der Waals surface area contributed by atoms with E-state index in [1.807, 2.05) is 0 Å². The molecule has 0 atom stereocenters. The van der Waals surface area contributed by atoms with Gasteiger partial charge in [0.05, 0.1) is 33.8 Å². The Labute approximate surface area is 220 Å². The van der Waals surface area contributed by atoms with Crippen LogP contribution in [0.4, 0.5) is 24.5 Å². The van der Waals surface area contributed by atoms with Crippen molar-refractivity contribution in [2.45, 2.75) is 24.4 Å². The number of hydrogen-bond donors (Lipinski definition) is 2. The monoisotopic (exact) mass is 568 g/mol. The van der Waals surface area contributed by atoms with Crippen molar-refractivity contribution in [2.24, 2.45) is 0 Å². The van der Waals surface area contributed by atoms with Gasteiger partial charge in [-0.25, -0.2) is 13.2 Å². The van der Waals surface area contributed by atoms with Gasteiger partial charge < -0.3 is 15.2 Å². The van der Waals surface area contributed by atoms with Gasteiger partial charge in [-0.2, -0.15) is 13.2 Å². The third kappa shape index (κ3) is 4.88. The van der Waals surface area contributed by atoms with Gasteiger partial charge in [0.2, 0.25) is 0 Å². The summed E-state index contributed by atoms with van der Waals surface area (Å²) in [5.74, 6) is -1.68. The lowest BCUT2D eigenvalue weighted by atomic mass is 10.1. The maximum Gasteiger partial charge on any atom is 0.416 e. The van der Waals surface area contributed by atoms with Crippen LogP contribution >= 0.6 is 11.6 Å². The summed E-state index contributed by atoms with van der Waals surface area (Å²) in [6, 6.07) is 8.76. The highest BCUT2D eigenvalue weighted by Gasteiger charge is 2.36. The van der Waals surface area contributed by atoms with E-state index in [0.29, 0.717) is 17.2 Å². The molecule has 1 aliphatic rings. The number of anilines is 2. The van der Waals surface area contributed by atoms with Crippen molar-refractivity contribution in [2.75, 3.05) is 23.3 Å². The number of carbonyl (C=O) groups is 2. The number of alkyl halides is 3. The van der Waals surface area contributed by atoms with Crippen molar-refractivity contribution in [3.63, 3.8) is 0 Å². The van der Waals surface area contributed by atoms with Gasteiger partial charge in [-0.1, -0.05) is 17.7 Å². The number of benzene rings is 3. The van der Waals surface area contributed by atoms with Gasteiger partial charge in [0.1, 0.15) is 5.75 Å². The molecule has 2 N–H and O–H groups in total. The molecule has 0 saturated heterocycles. The molecule has 3 aromatic carbocycles. The SMILES string of the molecule is COc1cc(C(=O)Nc2ccc(C(=O)O)c(Cl)c2C)cc2c1CCN2S(=O)(=O)c1cccc(C(F)(F)F)c1. The molecule has 0 aliphatic carbocycles. The van der Waals surface area contributed by atoms with E-state index in [1.165, 1.54) is 38.3 Å². The van der Waals surface area contributed by atoms with Crippen molar-refractivity contribution in [1.82, 2.24) is 0 Å². The molecule has 1 amide bonds. The zero-order valence-corrected chi connectivity index (χ0v) is 21.5. The topological polar surface area (TPSA) is 113 Å². The molecule has 0 radical (unpaired) electrons. The molecular formula is C25H20ClF3N2O6S. The normalized spacial score (nSPS) is 13.3. The van der Waals surface area contributed by atoms with Gasteiger partial charge in [0.25, 0.3) is 15.9 Å². The Morgan fingerprint density at radius 1 is 1.13 bits per heavy atom. The third-order valence-corrected chi connectivity index (χ3v) is 8.41. The maximum absolute atomic E-state index is 13.4. The lowest BCUT2D eigenvalue weighted by molar-refractivity contribution is -0.137. The third-order valence-electron chi connectivity index (χ3n) is 6.12. The van der Waals surface area contributed by atoms with E-state index >= 15 is 0 Å². The second-order valence-corrected chi connectivity index (χ2v) is 10.6. The van der Waals surface area contributed by atoms with Gasteiger partial charge in [0, 0.05) is 23.4 Å². The van der Waals surface area contributed by atoms with Gasteiger partial charge in [-0.15, -0.1) is 0 Å². The van der Waals surface area contributed by atoms with Gasteiger partial charge in [-0.05, 0) is 61.4 Å². The van der Waals surface area contributed by atoms with Crippen LogP contribution in [-0.2, 0) is 22.6 Å². The molecule has 3 aromatic rings. The van der Waals surface area contributed by atoms with Crippen LogP contribution in [0.15, 0.2) is 53.4 Å². The minimum absolute atomic E-state index is 0.00424. The van der Waals surface area contributed by atoms with Crippen LogP contribution in [-0.4, -0.2) is 39.1 Å². The average Bonchev–Trinajstić information content (AvgIpc) is 3.30. The largest absolute Gasteiger partial charge is 0.496 e. The summed E-state index contributed by atoms with van der Waals surface area (Å²) in [5.41, 5.74) is -0.125. The van der Waals surface area contributed by atoms with E-state index in [9.17, 15) is 36.3 Å². The molecule has 0 aromatic heterocycles. The number of amides is 1. The zero-order chi connectivity index (χ0) is 28.0. The second kappa shape index (κ2) is 9.84. The smallest absolute Gasteiger partial charge is 0.416 e. The van der Waals surface area contributed by atoms with Crippen LogP contribution in [0.5, 0.6) is 5.75 Å². The standard InChI is InChI=1S/C25H20ClF3N2O6S/c1-13-19(7-6-18(22(13)26)24(33)34)30-23(32)14-10-20-17(21(11-14)37-2)8-9-31(20)38(35,36)16-5-3-4-15(12-16)25(27,28)29/h3-7,10-12H,8-9H2,1-2H3,(H,30,32)(H,33,34). The molecule has 13 heteroatoms. The number of carboxylic acid groups (broad SMARTS) is 1. The highest BCUT2D eigenvalue weighted by molar-refractivity contribution is 7.92. The van der Waals surface area contributed by atoms with Crippen molar-refractivity contribution in [3.05, 3.63) is 81.4 Å². The summed E-state index contributed by atoms with van der Waals surface area (Å²) < 4.78 is 72.7. The Kier molecular flexibility index (Phi) is 7.06. The van der Waals surface area contributed by atoms with Crippen LogP contribution in [0.2, 0.25) is 5.02 Å². The molecule has 1 aliphatic heterocycles. The Bertz CT molecular complexity index is 1570. The maximum atomic E-state index is 13.4. The molecule has 38 heavy (non-hydrogen) atoms. The van der Waals surface area contributed by atoms with E-state index in [0.717, 1.165) is 22.5 Å². The van der Waals surface area contributed by atoms with Gasteiger partial charge in [-0.3, -0.25) is 9.10 Å². The number of carbonyl (C=O) groups excluding carboxylic acids is 1. The van der Waals surface area contributed by atoms with E-state index in [1.54, 1.807) is 0 Å². The van der Waals surface area contributed by atoms with Crippen LogP contribution in [0.3, 0.4) is 0 Å². The number of halogens is 4. The Hall–Kier alpha value is -3.77. The first-order chi connectivity index (χ1) is 17.8. The van der Waals surface area contributed by atoms with E-state index in [-0.39, 0.29) is 46.2 Å². The number of ether oxygens (including phenoxy) is 1. The fraction of sp³-hybridized carbons (Fsp3) is 0.200. The summed E-state index contributed by atoms with van der Waals surface area (Å²) in [4.78, 5) is 23.9. The van der Waals surface area contributed by atoms with Crippen LogP contribution < -0.4 is 14.4 Å². The molecule has 0 fully saturated rings. The number of aromatic carboxylic acids is 1. The lowest BCUT2D eigenvalue weighted by Crippen LogP contribution is -2.29. The molecule has 0 saturated carbocycles. The molecule has 1 heterocycles. The number of sulfonamides is 1. The van der Waals surface area contributed by atoms with Crippen LogP contribution in [0.1, 0.15) is 37.4 Å². The zero-order valence-electron chi connectivity index (χ0n) is 19.9. The number of methoxy groups -OCH3 is 1. The van der Waals surface area contributed by atoms with E-state index in [2.05, 4.69) is 5.32 Å². The summed E-state index contributed by atoms with van der Waals surface area (Å²) in [7, 11) is -3.07. The summed E-state index contributed by atoms with van der Waals surface area (Å²) in [5, 5.41) is 11.8.